The van der Waals surface area contributed by atoms with E-state index in [4.69, 9.17) is 4.42 Å². The molecule has 0 saturated heterocycles. The number of halogens is 3. The summed E-state index contributed by atoms with van der Waals surface area (Å²) >= 11 is 0. The van der Waals surface area contributed by atoms with E-state index in [-0.39, 0.29) is 41.8 Å². The van der Waals surface area contributed by atoms with Gasteiger partial charge in [-0.25, -0.2) is 9.78 Å². The van der Waals surface area contributed by atoms with Gasteiger partial charge in [0.05, 0.1) is 12.1 Å². The standard InChI is InChI=1S/C19H19F3N4O3/c20-19(21,22)11-1-3-13(4-2-11)24-18(28)26(14-7-8-14)9-16-25-15(10-29-16)17(27)23-12-5-6-12/h1-4,10,12,14H,5-9H2,(H,23,27)(H,24,28). The van der Waals surface area contributed by atoms with E-state index in [9.17, 15) is 22.8 Å². The molecule has 2 fully saturated rings. The molecular formula is C19H19F3N4O3. The lowest BCUT2D eigenvalue weighted by atomic mass is 10.2. The summed E-state index contributed by atoms with van der Waals surface area (Å²) in [6.45, 7) is 0.0633. The number of rotatable bonds is 6. The van der Waals surface area contributed by atoms with E-state index >= 15 is 0 Å². The second kappa shape index (κ2) is 7.41. The van der Waals surface area contributed by atoms with Gasteiger partial charge in [0.2, 0.25) is 5.89 Å². The molecular weight excluding hydrogens is 389 g/mol. The second-order valence-corrected chi connectivity index (χ2v) is 7.24. The maximum Gasteiger partial charge on any atom is 0.416 e. The van der Waals surface area contributed by atoms with Crippen LogP contribution >= 0.6 is 0 Å². The lowest BCUT2D eigenvalue weighted by Gasteiger charge is -2.21. The molecule has 0 bridgehead atoms. The van der Waals surface area contributed by atoms with Gasteiger partial charge in [0.1, 0.15) is 6.26 Å². The predicted octanol–water partition coefficient (Wildman–Crippen LogP) is 3.78. The molecule has 0 radical (unpaired) electrons. The van der Waals surface area contributed by atoms with Crippen molar-refractivity contribution in [2.24, 2.45) is 0 Å². The van der Waals surface area contributed by atoms with E-state index < -0.39 is 17.8 Å². The van der Waals surface area contributed by atoms with Gasteiger partial charge in [-0.1, -0.05) is 0 Å². The number of hydrogen-bond donors (Lipinski definition) is 2. The molecule has 1 aromatic heterocycles. The summed E-state index contributed by atoms with van der Waals surface area (Å²) in [6.07, 6.45) is 0.362. The van der Waals surface area contributed by atoms with Crippen molar-refractivity contribution in [2.75, 3.05) is 5.32 Å². The van der Waals surface area contributed by atoms with Crippen molar-refractivity contribution in [1.29, 1.82) is 0 Å². The minimum absolute atomic E-state index is 0.0000823. The number of benzene rings is 1. The number of carbonyl (C=O) groups is 2. The van der Waals surface area contributed by atoms with Gasteiger partial charge in [-0.3, -0.25) is 4.79 Å². The summed E-state index contributed by atoms with van der Waals surface area (Å²) in [4.78, 5) is 30.3. The number of urea groups is 1. The Morgan fingerprint density at radius 1 is 1.14 bits per heavy atom. The topological polar surface area (TPSA) is 87.5 Å². The van der Waals surface area contributed by atoms with Crippen molar-refractivity contribution < 1.29 is 27.2 Å². The zero-order valence-electron chi connectivity index (χ0n) is 15.3. The maximum atomic E-state index is 12.7. The normalized spacial score (nSPS) is 16.4. The summed E-state index contributed by atoms with van der Waals surface area (Å²) in [5.74, 6) is -0.0879. The molecule has 1 aromatic carbocycles. The van der Waals surface area contributed by atoms with Crippen molar-refractivity contribution in [1.82, 2.24) is 15.2 Å². The Balaban J connectivity index is 1.39. The monoisotopic (exact) mass is 408 g/mol. The van der Waals surface area contributed by atoms with Crippen molar-refractivity contribution in [3.05, 3.63) is 47.7 Å². The Morgan fingerprint density at radius 2 is 1.83 bits per heavy atom. The molecule has 2 saturated carbocycles. The van der Waals surface area contributed by atoms with Crippen molar-refractivity contribution in [2.45, 2.75) is 50.5 Å². The van der Waals surface area contributed by atoms with Gasteiger partial charge >= 0.3 is 12.2 Å². The molecule has 0 spiro atoms. The molecule has 1 heterocycles. The molecule has 3 amide bonds. The van der Waals surface area contributed by atoms with E-state index in [0.29, 0.717) is 0 Å². The number of alkyl halides is 3. The average molecular weight is 408 g/mol. The maximum absolute atomic E-state index is 12.7. The number of aromatic nitrogens is 1. The number of nitrogens with zero attached hydrogens (tertiary/aromatic N) is 2. The zero-order valence-corrected chi connectivity index (χ0v) is 15.3. The summed E-state index contributed by atoms with van der Waals surface area (Å²) in [6, 6.07) is 3.97. The van der Waals surface area contributed by atoms with Crippen LogP contribution in [0.4, 0.5) is 23.7 Å². The molecule has 7 nitrogen and oxygen atoms in total. The molecule has 10 heteroatoms. The van der Waals surface area contributed by atoms with Crippen LogP contribution in [-0.4, -0.2) is 33.9 Å². The molecule has 2 aromatic rings. The lowest BCUT2D eigenvalue weighted by molar-refractivity contribution is -0.137. The largest absolute Gasteiger partial charge is 0.446 e. The Labute approximate surface area is 164 Å². The fourth-order valence-electron chi connectivity index (χ4n) is 2.81. The third kappa shape index (κ3) is 4.87. The average Bonchev–Trinajstić information content (AvgIpc) is 3.60. The van der Waals surface area contributed by atoms with Gasteiger partial charge in [0.25, 0.3) is 5.91 Å². The first-order valence-corrected chi connectivity index (χ1v) is 9.30. The molecule has 2 aliphatic carbocycles. The Morgan fingerprint density at radius 3 is 2.41 bits per heavy atom. The van der Waals surface area contributed by atoms with Gasteiger partial charge < -0.3 is 20.0 Å². The summed E-state index contributed by atoms with van der Waals surface area (Å²) in [7, 11) is 0. The first-order chi connectivity index (χ1) is 13.8. The number of amides is 3. The zero-order chi connectivity index (χ0) is 20.6. The minimum Gasteiger partial charge on any atom is -0.446 e. The Kier molecular flexibility index (Phi) is 4.93. The van der Waals surface area contributed by atoms with Crippen LogP contribution in [-0.2, 0) is 12.7 Å². The number of carbonyl (C=O) groups excluding carboxylic acids is 2. The summed E-state index contributed by atoms with van der Waals surface area (Å²) in [5.41, 5.74) is -0.373. The van der Waals surface area contributed by atoms with E-state index in [0.717, 1.165) is 37.8 Å². The quantitative estimate of drug-likeness (QED) is 0.762. The highest BCUT2D eigenvalue weighted by Gasteiger charge is 2.34. The van der Waals surface area contributed by atoms with Crippen LogP contribution in [0.15, 0.2) is 34.9 Å². The molecule has 0 atom stereocenters. The van der Waals surface area contributed by atoms with Crippen LogP contribution in [0.5, 0.6) is 0 Å². The van der Waals surface area contributed by atoms with Crippen LogP contribution in [0.1, 0.15) is 47.6 Å². The smallest absolute Gasteiger partial charge is 0.416 e. The highest BCUT2D eigenvalue weighted by molar-refractivity contribution is 5.92. The minimum atomic E-state index is -4.43. The predicted molar refractivity (Wildman–Crippen MR) is 96.0 cm³/mol. The fourth-order valence-corrected chi connectivity index (χ4v) is 2.81. The highest BCUT2D eigenvalue weighted by atomic mass is 19.4. The first-order valence-electron chi connectivity index (χ1n) is 9.30. The van der Waals surface area contributed by atoms with Crippen molar-refractivity contribution in [3.8, 4) is 0 Å². The highest BCUT2D eigenvalue weighted by Crippen LogP contribution is 2.31. The van der Waals surface area contributed by atoms with Crippen LogP contribution in [0, 0.1) is 0 Å². The first kappa shape index (κ1) is 19.3. The summed E-state index contributed by atoms with van der Waals surface area (Å²) in [5, 5.41) is 5.41. The Hall–Kier alpha value is -3.04. The third-order valence-corrected chi connectivity index (χ3v) is 4.71. The van der Waals surface area contributed by atoms with Crippen LogP contribution in [0.2, 0.25) is 0 Å². The molecule has 2 aliphatic rings. The van der Waals surface area contributed by atoms with Gasteiger partial charge in [-0.05, 0) is 49.9 Å². The van der Waals surface area contributed by atoms with E-state index in [2.05, 4.69) is 15.6 Å². The number of hydrogen-bond acceptors (Lipinski definition) is 4. The van der Waals surface area contributed by atoms with Crippen molar-refractivity contribution >= 4 is 17.6 Å². The molecule has 0 unspecified atom stereocenters. The SMILES string of the molecule is O=C(NC1CC1)c1coc(CN(C(=O)Nc2ccc(C(F)(F)F)cc2)C2CC2)n1. The van der Waals surface area contributed by atoms with Gasteiger partial charge in [-0.15, -0.1) is 0 Å². The second-order valence-electron chi connectivity index (χ2n) is 7.24. The van der Waals surface area contributed by atoms with E-state index in [1.54, 1.807) is 0 Å². The molecule has 2 N–H and O–H groups in total. The fraction of sp³-hybridized carbons (Fsp3) is 0.421. The molecule has 29 heavy (non-hydrogen) atoms. The summed E-state index contributed by atoms with van der Waals surface area (Å²) < 4.78 is 43.3. The van der Waals surface area contributed by atoms with E-state index in [1.165, 1.54) is 23.3 Å². The lowest BCUT2D eigenvalue weighted by Crippen LogP contribution is -2.36. The van der Waals surface area contributed by atoms with E-state index in [1.807, 2.05) is 0 Å². The third-order valence-electron chi connectivity index (χ3n) is 4.71. The number of anilines is 1. The molecule has 0 aliphatic heterocycles. The number of nitrogens with one attached hydrogen (secondary N) is 2. The molecule has 4 rings (SSSR count). The van der Waals surface area contributed by atoms with Gasteiger partial charge in [-0.2, -0.15) is 13.2 Å². The Bertz CT molecular complexity index is 902. The van der Waals surface area contributed by atoms with Gasteiger partial charge in [0, 0.05) is 17.8 Å². The van der Waals surface area contributed by atoms with Crippen molar-refractivity contribution in [3.63, 3.8) is 0 Å². The molecule has 154 valence electrons. The van der Waals surface area contributed by atoms with Crippen LogP contribution in [0.25, 0.3) is 0 Å². The van der Waals surface area contributed by atoms with Crippen LogP contribution < -0.4 is 10.6 Å². The van der Waals surface area contributed by atoms with Crippen LogP contribution in [0.3, 0.4) is 0 Å². The van der Waals surface area contributed by atoms with Gasteiger partial charge in [0.15, 0.2) is 5.69 Å². The number of oxazole rings is 1.